The van der Waals surface area contributed by atoms with E-state index in [9.17, 15) is 33.4 Å². The van der Waals surface area contributed by atoms with Gasteiger partial charge in [0.05, 0.1) is 0 Å². The standard InChI is InChI=1S/C15H12F2N2O6/c16-8(17)5-25-7-3-1-2-6(4-7)9-10(14(21)22)12(18)19-13(20)11(9)15(23)24/h1-4,8H,5H2,(H,21,22)(H,23,24)(H3,18,19,20). The van der Waals surface area contributed by atoms with Gasteiger partial charge in [0.2, 0.25) is 0 Å². The monoisotopic (exact) mass is 354 g/mol. The van der Waals surface area contributed by atoms with E-state index in [2.05, 4.69) is 0 Å². The molecule has 0 aliphatic heterocycles. The molecule has 0 saturated heterocycles. The molecule has 5 N–H and O–H groups in total. The molecule has 1 heterocycles. The molecule has 10 heteroatoms. The van der Waals surface area contributed by atoms with Crippen LogP contribution in [0, 0.1) is 0 Å². The van der Waals surface area contributed by atoms with E-state index in [-0.39, 0.29) is 11.3 Å². The fourth-order valence-corrected chi connectivity index (χ4v) is 2.24. The number of pyridine rings is 1. The number of carbonyl (C=O) groups is 2. The fraction of sp³-hybridized carbons (Fsp3) is 0.133. The number of carboxylic acids is 2. The number of alkyl halides is 2. The van der Waals surface area contributed by atoms with Crippen LogP contribution in [0.15, 0.2) is 29.1 Å². The number of anilines is 1. The number of nitrogens with two attached hydrogens (primary N) is 1. The average molecular weight is 354 g/mol. The van der Waals surface area contributed by atoms with Crippen LogP contribution in [0.2, 0.25) is 0 Å². The highest BCUT2D eigenvalue weighted by atomic mass is 19.3. The number of ether oxygens (including phenoxy) is 1. The molecule has 0 aliphatic rings. The minimum atomic E-state index is -2.73. The van der Waals surface area contributed by atoms with Crippen molar-refractivity contribution in [1.82, 2.24) is 4.98 Å². The maximum Gasteiger partial charge on any atom is 0.342 e. The lowest BCUT2D eigenvalue weighted by Crippen LogP contribution is -2.24. The van der Waals surface area contributed by atoms with Gasteiger partial charge in [0.1, 0.15) is 29.3 Å². The summed E-state index contributed by atoms with van der Waals surface area (Å²) in [5, 5.41) is 18.6. The second-order valence-electron chi connectivity index (χ2n) is 4.83. The Bertz CT molecular complexity index is 894. The van der Waals surface area contributed by atoms with Crippen LogP contribution in [0.4, 0.5) is 14.6 Å². The van der Waals surface area contributed by atoms with Crippen LogP contribution in [0.1, 0.15) is 20.7 Å². The smallest absolute Gasteiger partial charge is 0.342 e. The van der Waals surface area contributed by atoms with Crippen LogP contribution in [0.3, 0.4) is 0 Å². The zero-order chi connectivity index (χ0) is 18.7. The van der Waals surface area contributed by atoms with Crippen molar-refractivity contribution in [3.63, 3.8) is 0 Å². The lowest BCUT2D eigenvalue weighted by atomic mass is 9.95. The Morgan fingerprint density at radius 1 is 1.20 bits per heavy atom. The highest BCUT2D eigenvalue weighted by Gasteiger charge is 2.26. The molecule has 2 aromatic rings. The van der Waals surface area contributed by atoms with Crippen LogP contribution in [0.5, 0.6) is 5.75 Å². The first-order valence-corrected chi connectivity index (χ1v) is 6.76. The number of halogens is 2. The fourth-order valence-electron chi connectivity index (χ4n) is 2.24. The van der Waals surface area contributed by atoms with Gasteiger partial charge < -0.3 is 25.7 Å². The van der Waals surface area contributed by atoms with E-state index in [4.69, 9.17) is 10.5 Å². The predicted octanol–water partition coefficient (Wildman–Crippen LogP) is 1.66. The van der Waals surface area contributed by atoms with Gasteiger partial charge in [0.15, 0.2) is 0 Å². The molecular weight excluding hydrogens is 342 g/mol. The van der Waals surface area contributed by atoms with E-state index in [0.29, 0.717) is 0 Å². The molecule has 0 radical (unpaired) electrons. The van der Waals surface area contributed by atoms with Crippen LogP contribution in [-0.4, -0.2) is 40.2 Å². The van der Waals surface area contributed by atoms with Crippen LogP contribution >= 0.6 is 0 Å². The van der Waals surface area contributed by atoms with Crippen molar-refractivity contribution in [2.75, 3.05) is 12.3 Å². The molecule has 132 valence electrons. The number of nitrogen functional groups attached to an aromatic ring is 1. The topological polar surface area (TPSA) is 143 Å². The number of aromatic amines is 1. The summed E-state index contributed by atoms with van der Waals surface area (Å²) in [6, 6.07) is 5.12. The molecule has 0 spiro atoms. The lowest BCUT2D eigenvalue weighted by molar-refractivity contribution is 0.0695. The molecule has 0 saturated carbocycles. The summed E-state index contributed by atoms with van der Waals surface area (Å²) in [6.07, 6.45) is -2.73. The summed E-state index contributed by atoms with van der Waals surface area (Å²) in [5.74, 6) is -3.82. The van der Waals surface area contributed by atoms with Gasteiger partial charge in [0.25, 0.3) is 12.0 Å². The van der Waals surface area contributed by atoms with Crippen LogP contribution in [-0.2, 0) is 0 Å². The number of hydrogen-bond donors (Lipinski definition) is 4. The summed E-state index contributed by atoms with van der Waals surface area (Å²) in [4.78, 5) is 36.8. The SMILES string of the molecule is Nc1[nH]c(=O)c(C(=O)O)c(-c2cccc(OCC(F)F)c2)c1C(=O)O. The number of aromatic nitrogens is 1. The molecule has 0 aliphatic carbocycles. The quantitative estimate of drug-likeness (QED) is 0.618. The van der Waals surface area contributed by atoms with Gasteiger partial charge in [0, 0.05) is 5.56 Å². The average Bonchev–Trinajstić information content (AvgIpc) is 2.51. The minimum Gasteiger partial charge on any atom is -0.488 e. The molecule has 8 nitrogen and oxygen atoms in total. The van der Waals surface area contributed by atoms with Crippen molar-refractivity contribution in [2.45, 2.75) is 6.43 Å². The summed E-state index contributed by atoms with van der Waals surface area (Å²) >= 11 is 0. The highest BCUT2D eigenvalue weighted by Crippen LogP contribution is 2.31. The van der Waals surface area contributed by atoms with Gasteiger partial charge in [-0.15, -0.1) is 0 Å². The number of rotatable bonds is 6. The number of benzene rings is 1. The Balaban J connectivity index is 2.73. The first-order chi connectivity index (χ1) is 11.7. The Labute approximate surface area is 138 Å². The molecule has 0 fully saturated rings. The molecular formula is C15H12F2N2O6. The molecule has 2 rings (SSSR count). The normalized spacial score (nSPS) is 10.7. The zero-order valence-corrected chi connectivity index (χ0v) is 12.5. The maximum atomic E-state index is 12.2. The van der Waals surface area contributed by atoms with E-state index in [1.54, 1.807) is 0 Å². The number of hydrogen-bond acceptors (Lipinski definition) is 5. The molecule has 0 bridgehead atoms. The van der Waals surface area contributed by atoms with E-state index >= 15 is 0 Å². The number of aromatic carboxylic acids is 2. The largest absolute Gasteiger partial charge is 0.488 e. The summed E-state index contributed by atoms with van der Waals surface area (Å²) < 4.78 is 29.3. The van der Waals surface area contributed by atoms with Crippen molar-refractivity contribution in [3.05, 3.63) is 45.7 Å². The number of carboxylic acid groups (broad SMARTS) is 2. The third-order valence-corrected chi connectivity index (χ3v) is 3.17. The number of H-pyrrole nitrogens is 1. The summed E-state index contributed by atoms with van der Waals surface area (Å²) in [7, 11) is 0. The van der Waals surface area contributed by atoms with Gasteiger partial charge in [-0.3, -0.25) is 4.79 Å². The van der Waals surface area contributed by atoms with Gasteiger partial charge >= 0.3 is 11.9 Å². The second-order valence-corrected chi connectivity index (χ2v) is 4.83. The minimum absolute atomic E-state index is 0.0284. The molecule has 0 amide bonds. The van der Waals surface area contributed by atoms with Crippen molar-refractivity contribution >= 4 is 17.8 Å². The summed E-state index contributed by atoms with van der Waals surface area (Å²) in [6.45, 7) is -0.904. The van der Waals surface area contributed by atoms with Crippen LogP contribution < -0.4 is 16.0 Å². The number of nitrogens with one attached hydrogen (secondary N) is 1. The third kappa shape index (κ3) is 3.74. The van der Waals surface area contributed by atoms with E-state index in [1.807, 2.05) is 4.98 Å². The van der Waals surface area contributed by atoms with Crippen molar-refractivity contribution in [3.8, 4) is 16.9 Å². The van der Waals surface area contributed by atoms with E-state index in [0.717, 1.165) is 6.07 Å². The van der Waals surface area contributed by atoms with Gasteiger partial charge in [-0.1, -0.05) is 12.1 Å². The molecule has 1 aromatic heterocycles. The van der Waals surface area contributed by atoms with Gasteiger partial charge in [-0.25, -0.2) is 18.4 Å². The lowest BCUT2D eigenvalue weighted by Gasteiger charge is -2.13. The Morgan fingerprint density at radius 3 is 2.40 bits per heavy atom. The maximum absolute atomic E-state index is 12.2. The molecule has 0 unspecified atom stereocenters. The zero-order valence-electron chi connectivity index (χ0n) is 12.5. The van der Waals surface area contributed by atoms with Crippen molar-refractivity contribution in [1.29, 1.82) is 0 Å². The molecule has 25 heavy (non-hydrogen) atoms. The van der Waals surface area contributed by atoms with Gasteiger partial charge in [-0.2, -0.15) is 0 Å². The Kier molecular flexibility index (Phi) is 5.01. The predicted molar refractivity (Wildman–Crippen MR) is 82.3 cm³/mol. The molecule has 1 aromatic carbocycles. The Morgan fingerprint density at radius 2 is 1.84 bits per heavy atom. The van der Waals surface area contributed by atoms with Crippen molar-refractivity contribution in [2.24, 2.45) is 0 Å². The Hall–Kier alpha value is -3.43. The first kappa shape index (κ1) is 17.9. The van der Waals surface area contributed by atoms with E-state index in [1.165, 1.54) is 18.2 Å². The molecule has 0 atom stereocenters. The van der Waals surface area contributed by atoms with Gasteiger partial charge in [-0.05, 0) is 17.7 Å². The van der Waals surface area contributed by atoms with Crippen molar-refractivity contribution < 1.29 is 33.3 Å². The highest BCUT2D eigenvalue weighted by molar-refractivity contribution is 6.07. The first-order valence-electron chi connectivity index (χ1n) is 6.76. The van der Waals surface area contributed by atoms with Crippen LogP contribution in [0.25, 0.3) is 11.1 Å². The summed E-state index contributed by atoms with van der Waals surface area (Å²) in [5.41, 5.74) is 2.49. The van der Waals surface area contributed by atoms with E-state index < -0.39 is 53.0 Å². The second kappa shape index (κ2) is 6.99. The third-order valence-electron chi connectivity index (χ3n) is 3.17.